The number of nitrogens with zero attached hydrogens (tertiary/aromatic N) is 1. The molecule has 0 unspecified atom stereocenters. The van der Waals surface area contributed by atoms with E-state index in [4.69, 9.17) is 15.2 Å². The van der Waals surface area contributed by atoms with E-state index in [2.05, 4.69) is 6.07 Å². The third-order valence-electron chi connectivity index (χ3n) is 5.85. The van der Waals surface area contributed by atoms with Crippen LogP contribution in [0.1, 0.15) is 35.6 Å². The van der Waals surface area contributed by atoms with Crippen molar-refractivity contribution in [3.8, 4) is 5.75 Å². The molecule has 0 radical (unpaired) electrons. The number of benzene rings is 2. The maximum atomic E-state index is 12.9. The number of fused-ring (bicyclic) bond motifs is 2. The lowest BCUT2D eigenvalue weighted by Gasteiger charge is -2.45. The van der Waals surface area contributed by atoms with Crippen LogP contribution in [0.2, 0.25) is 0 Å². The normalized spacial score (nSPS) is 19.4. The zero-order valence-corrected chi connectivity index (χ0v) is 15.7. The van der Waals surface area contributed by atoms with E-state index in [9.17, 15) is 4.79 Å². The first-order valence-electron chi connectivity index (χ1n) is 9.54. The number of hydrogen-bond acceptors (Lipinski definition) is 4. The molecule has 1 saturated heterocycles. The van der Waals surface area contributed by atoms with E-state index in [0.29, 0.717) is 19.7 Å². The van der Waals surface area contributed by atoms with Gasteiger partial charge >= 0.3 is 0 Å². The Morgan fingerprint density at radius 1 is 1.15 bits per heavy atom. The van der Waals surface area contributed by atoms with Crippen LogP contribution >= 0.6 is 0 Å². The second-order valence-corrected chi connectivity index (χ2v) is 7.30. The number of piperidine rings is 1. The summed E-state index contributed by atoms with van der Waals surface area (Å²) >= 11 is 0. The Kier molecular flexibility index (Phi) is 4.89. The van der Waals surface area contributed by atoms with E-state index in [1.807, 2.05) is 47.4 Å². The molecule has 5 heteroatoms. The first kappa shape index (κ1) is 18.0. The minimum Gasteiger partial charge on any atom is -0.496 e. The zero-order valence-electron chi connectivity index (χ0n) is 15.7. The van der Waals surface area contributed by atoms with Crippen LogP contribution in [0.15, 0.2) is 48.5 Å². The van der Waals surface area contributed by atoms with Gasteiger partial charge in [-0.1, -0.05) is 42.5 Å². The number of hydrogen-bond donors (Lipinski definition) is 1. The Hall–Kier alpha value is -2.37. The van der Waals surface area contributed by atoms with Gasteiger partial charge in [-0.2, -0.15) is 0 Å². The average molecular weight is 366 g/mol. The van der Waals surface area contributed by atoms with Crippen molar-refractivity contribution < 1.29 is 14.3 Å². The molecule has 4 rings (SSSR count). The Morgan fingerprint density at radius 2 is 1.89 bits per heavy atom. The van der Waals surface area contributed by atoms with Gasteiger partial charge in [0.1, 0.15) is 17.4 Å². The standard InChI is InChI=1S/C22H26N2O3/c1-26-18-9-5-8-16-10-15-27-22(19(16)18)11-13-24(14-12-22)21(25)20(23)17-6-3-2-4-7-17/h2-9,20H,10-15,23H2,1H3/t20-/m0/s1. The Labute approximate surface area is 160 Å². The number of methoxy groups -OCH3 is 1. The number of carbonyl (C=O) groups excluding carboxylic acids is 1. The topological polar surface area (TPSA) is 64.8 Å². The third-order valence-corrected chi connectivity index (χ3v) is 5.85. The second kappa shape index (κ2) is 7.33. The quantitative estimate of drug-likeness (QED) is 0.907. The van der Waals surface area contributed by atoms with Crippen molar-refractivity contribution in [2.24, 2.45) is 5.73 Å². The van der Waals surface area contributed by atoms with Gasteiger partial charge in [0.25, 0.3) is 0 Å². The molecule has 27 heavy (non-hydrogen) atoms. The summed E-state index contributed by atoms with van der Waals surface area (Å²) in [6.45, 7) is 1.98. The predicted octanol–water partition coefficient (Wildman–Crippen LogP) is 2.79. The van der Waals surface area contributed by atoms with Gasteiger partial charge in [0, 0.05) is 18.7 Å². The number of carbonyl (C=O) groups is 1. The van der Waals surface area contributed by atoms with E-state index >= 15 is 0 Å². The van der Waals surface area contributed by atoms with Gasteiger partial charge in [-0.25, -0.2) is 0 Å². The summed E-state index contributed by atoms with van der Waals surface area (Å²) in [5.41, 5.74) is 9.16. The van der Waals surface area contributed by atoms with Crippen LogP contribution in [0, 0.1) is 0 Å². The van der Waals surface area contributed by atoms with Gasteiger partial charge in [0.05, 0.1) is 13.7 Å². The Balaban J connectivity index is 1.52. The monoisotopic (exact) mass is 366 g/mol. The predicted molar refractivity (Wildman–Crippen MR) is 104 cm³/mol. The van der Waals surface area contributed by atoms with Gasteiger partial charge in [-0.15, -0.1) is 0 Å². The fourth-order valence-electron chi connectivity index (χ4n) is 4.38. The van der Waals surface area contributed by atoms with E-state index in [0.717, 1.165) is 30.6 Å². The van der Waals surface area contributed by atoms with Crippen molar-refractivity contribution in [3.63, 3.8) is 0 Å². The minimum atomic E-state index is -0.616. The van der Waals surface area contributed by atoms with E-state index in [1.165, 1.54) is 11.1 Å². The summed E-state index contributed by atoms with van der Waals surface area (Å²) < 4.78 is 11.9. The molecule has 2 aromatic carbocycles. The SMILES string of the molecule is COc1cccc2c1C1(CCN(C(=O)[C@@H](N)c3ccccc3)CC1)OCC2. The van der Waals surface area contributed by atoms with Gasteiger partial charge < -0.3 is 20.1 Å². The van der Waals surface area contributed by atoms with Crippen molar-refractivity contribution in [1.29, 1.82) is 0 Å². The highest BCUT2D eigenvalue weighted by molar-refractivity contribution is 5.83. The fourth-order valence-corrected chi connectivity index (χ4v) is 4.38. The number of ether oxygens (including phenoxy) is 2. The molecule has 2 aliphatic heterocycles. The Morgan fingerprint density at radius 3 is 2.59 bits per heavy atom. The lowest BCUT2D eigenvalue weighted by molar-refractivity contribution is -0.142. The van der Waals surface area contributed by atoms with Crippen LogP contribution < -0.4 is 10.5 Å². The van der Waals surface area contributed by atoms with Crippen molar-refractivity contribution in [3.05, 3.63) is 65.2 Å². The maximum Gasteiger partial charge on any atom is 0.244 e. The molecule has 0 aromatic heterocycles. The zero-order chi connectivity index (χ0) is 18.9. The van der Waals surface area contributed by atoms with Crippen molar-refractivity contribution >= 4 is 5.91 Å². The summed E-state index contributed by atoms with van der Waals surface area (Å²) in [6.07, 6.45) is 2.41. The van der Waals surface area contributed by atoms with E-state index < -0.39 is 6.04 Å². The van der Waals surface area contributed by atoms with Crippen LogP contribution in [0.5, 0.6) is 5.75 Å². The van der Waals surface area contributed by atoms with Crippen molar-refractivity contribution in [1.82, 2.24) is 4.90 Å². The summed E-state index contributed by atoms with van der Waals surface area (Å²) in [7, 11) is 1.70. The second-order valence-electron chi connectivity index (χ2n) is 7.30. The molecule has 1 fully saturated rings. The van der Waals surface area contributed by atoms with Crippen molar-refractivity contribution in [2.75, 3.05) is 26.8 Å². The number of nitrogens with two attached hydrogens (primary N) is 1. The summed E-state index contributed by atoms with van der Waals surface area (Å²) in [6, 6.07) is 15.1. The van der Waals surface area contributed by atoms with Crippen LogP contribution in [-0.2, 0) is 21.6 Å². The van der Waals surface area contributed by atoms with Crippen LogP contribution in [-0.4, -0.2) is 37.6 Å². The molecular formula is C22H26N2O3. The molecule has 1 amide bonds. The lowest BCUT2D eigenvalue weighted by Crippen LogP contribution is -2.50. The highest BCUT2D eigenvalue weighted by atomic mass is 16.5. The molecule has 5 nitrogen and oxygen atoms in total. The molecule has 0 aliphatic carbocycles. The van der Waals surface area contributed by atoms with Gasteiger partial charge in [-0.3, -0.25) is 4.79 Å². The van der Waals surface area contributed by atoms with Gasteiger partial charge in [-0.05, 0) is 36.5 Å². The summed E-state index contributed by atoms with van der Waals surface area (Å²) in [4.78, 5) is 14.7. The summed E-state index contributed by atoms with van der Waals surface area (Å²) in [5, 5.41) is 0. The fraction of sp³-hybridized carbons (Fsp3) is 0.409. The molecule has 2 aliphatic rings. The lowest BCUT2D eigenvalue weighted by atomic mass is 9.78. The van der Waals surface area contributed by atoms with Crippen LogP contribution in [0.25, 0.3) is 0 Å². The first-order valence-corrected chi connectivity index (χ1v) is 9.54. The smallest absolute Gasteiger partial charge is 0.244 e. The highest BCUT2D eigenvalue weighted by Crippen LogP contribution is 2.45. The van der Waals surface area contributed by atoms with E-state index in [-0.39, 0.29) is 11.5 Å². The van der Waals surface area contributed by atoms with Crippen LogP contribution in [0.3, 0.4) is 0 Å². The van der Waals surface area contributed by atoms with Crippen LogP contribution in [0.4, 0.5) is 0 Å². The first-order chi connectivity index (χ1) is 13.1. The molecule has 2 aromatic rings. The Bertz CT molecular complexity index is 799. The van der Waals surface area contributed by atoms with Gasteiger partial charge in [0.2, 0.25) is 5.91 Å². The number of rotatable bonds is 3. The molecule has 0 bridgehead atoms. The molecule has 142 valence electrons. The molecule has 1 atom stereocenters. The highest BCUT2D eigenvalue weighted by Gasteiger charge is 2.44. The molecule has 2 heterocycles. The minimum absolute atomic E-state index is 0.0212. The number of likely N-dealkylation sites (tertiary alicyclic amines) is 1. The maximum absolute atomic E-state index is 12.9. The van der Waals surface area contributed by atoms with E-state index in [1.54, 1.807) is 7.11 Å². The molecule has 2 N–H and O–H groups in total. The van der Waals surface area contributed by atoms with Gasteiger partial charge in [0.15, 0.2) is 0 Å². The molecular weight excluding hydrogens is 340 g/mol. The molecule has 1 spiro atoms. The molecule has 0 saturated carbocycles. The third kappa shape index (κ3) is 3.22. The largest absolute Gasteiger partial charge is 0.496 e. The summed E-state index contributed by atoms with van der Waals surface area (Å²) in [5.74, 6) is 0.861. The average Bonchev–Trinajstić information content (AvgIpc) is 2.73. The number of amides is 1. The van der Waals surface area contributed by atoms with Crippen molar-refractivity contribution in [2.45, 2.75) is 30.9 Å².